The molecule has 0 saturated carbocycles. The Morgan fingerprint density at radius 3 is 2.62 bits per heavy atom. The molecule has 0 fully saturated rings. The third kappa shape index (κ3) is 2.98. The molecule has 1 aliphatic carbocycles. The predicted octanol–water partition coefficient (Wildman–Crippen LogP) is 2.79. The summed E-state index contributed by atoms with van der Waals surface area (Å²) in [7, 11) is 1.60. The highest BCUT2D eigenvalue weighted by Gasteiger charge is 2.28. The second-order valence-electron chi connectivity index (χ2n) is 6.22. The van der Waals surface area contributed by atoms with Crippen molar-refractivity contribution in [3.05, 3.63) is 58.2 Å². The van der Waals surface area contributed by atoms with Crippen molar-refractivity contribution < 1.29 is 14.0 Å². The third-order valence-corrected chi connectivity index (χ3v) is 4.72. The lowest BCUT2D eigenvalue weighted by molar-refractivity contribution is -0.119. The number of carbonyl (C=O) groups excluding carboxylic acids is 2. The number of fused-ring (bicyclic) bond motifs is 1. The number of aromatic nitrogens is 1. The fraction of sp³-hybridized carbons (Fsp3) is 0.368. The SMILES string of the molecule is CNC(=O)Cc1c2c(n(Cc3ccc(F)cc3)c1C)CCCC2=O. The van der Waals surface area contributed by atoms with E-state index in [0.29, 0.717) is 13.0 Å². The number of nitrogens with one attached hydrogen (secondary N) is 1. The number of halogens is 1. The van der Waals surface area contributed by atoms with E-state index in [0.717, 1.165) is 40.9 Å². The van der Waals surface area contributed by atoms with Gasteiger partial charge in [0, 0.05) is 37.0 Å². The minimum Gasteiger partial charge on any atom is -0.359 e. The molecule has 0 radical (unpaired) electrons. The first kappa shape index (κ1) is 16.4. The Morgan fingerprint density at radius 1 is 1.25 bits per heavy atom. The van der Waals surface area contributed by atoms with Crippen molar-refractivity contribution in [2.75, 3.05) is 7.05 Å². The van der Waals surface area contributed by atoms with Crippen LogP contribution in [-0.2, 0) is 24.2 Å². The van der Waals surface area contributed by atoms with Gasteiger partial charge in [0.05, 0.1) is 6.42 Å². The summed E-state index contributed by atoms with van der Waals surface area (Å²) in [4.78, 5) is 24.3. The van der Waals surface area contributed by atoms with E-state index in [2.05, 4.69) is 9.88 Å². The predicted molar refractivity (Wildman–Crippen MR) is 89.7 cm³/mol. The molecule has 1 heterocycles. The molecule has 0 bridgehead atoms. The number of nitrogens with zero attached hydrogens (tertiary/aromatic N) is 1. The fourth-order valence-corrected chi connectivity index (χ4v) is 3.44. The van der Waals surface area contributed by atoms with Gasteiger partial charge in [-0.15, -0.1) is 0 Å². The highest BCUT2D eigenvalue weighted by Crippen LogP contribution is 2.31. The number of rotatable bonds is 4. The average Bonchev–Trinajstić information content (AvgIpc) is 2.83. The maximum atomic E-state index is 13.1. The number of amides is 1. The summed E-state index contributed by atoms with van der Waals surface area (Å²) < 4.78 is 15.2. The van der Waals surface area contributed by atoms with Crippen LogP contribution in [0.5, 0.6) is 0 Å². The van der Waals surface area contributed by atoms with Crippen LogP contribution in [0.15, 0.2) is 24.3 Å². The van der Waals surface area contributed by atoms with E-state index in [1.165, 1.54) is 12.1 Å². The molecular weight excluding hydrogens is 307 g/mol. The maximum absolute atomic E-state index is 13.1. The van der Waals surface area contributed by atoms with Crippen LogP contribution in [0.2, 0.25) is 0 Å². The van der Waals surface area contributed by atoms with E-state index < -0.39 is 0 Å². The molecule has 0 saturated heterocycles. The molecule has 3 rings (SSSR count). The largest absolute Gasteiger partial charge is 0.359 e. The van der Waals surface area contributed by atoms with Gasteiger partial charge in [0.25, 0.3) is 0 Å². The third-order valence-electron chi connectivity index (χ3n) is 4.72. The quantitative estimate of drug-likeness (QED) is 0.938. The Morgan fingerprint density at radius 2 is 1.96 bits per heavy atom. The van der Waals surface area contributed by atoms with Crippen molar-refractivity contribution >= 4 is 11.7 Å². The van der Waals surface area contributed by atoms with Crippen LogP contribution >= 0.6 is 0 Å². The zero-order chi connectivity index (χ0) is 17.3. The van der Waals surface area contributed by atoms with E-state index in [1.807, 2.05) is 6.92 Å². The molecule has 0 aliphatic heterocycles. The lowest BCUT2D eigenvalue weighted by atomic mass is 9.92. The number of hydrogen-bond acceptors (Lipinski definition) is 2. The van der Waals surface area contributed by atoms with Crippen LogP contribution in [0.25, 0.3) is 0 Å². The first-order valence-electron chi connectivity index (χ1n) is 8.20. The summed E-state index contributed by atoms with van der Waals surface area (Å²) in [6.45, 7) is 2.53. The molecule has 0 atom stereocenters. The van der Waals surface area contributed by atoms with E-state index in [-0.39, 0.29) is 23.9 Å². The molecule has 24 heavy (non-hydrogen) atoms. The van der Waals surface area contributed by atoms with E-state index in [9.17, 15) is 14.0 Å². The van der Waals surface area contributed by atoms with Crippen molar-refractivity contribution in [2.24, 2.45) is 0 Å². The summed E-state index contributed by atoms with van der Waals surface area (Å²) >= 11 is 0. The second kappa shape index (κ2) is 6.59. The second-order valence-corrected chi connectivity index (χ2v) is 6.22. The van der Waals surface area contributed by atoms with Gasteiger partial charge in [0.15, 0.2) is 5.78 Å². The first-order chi connectivity index (χ1) is 11.5. The minimum absolute atomic E-state index is 0.0989. The van der Waals surface area contributed by atoms with Crippen molar-refractivity contribution in [3.8, 4) is 0 Å². The maximum Gasteiger partial charge on any atom is 0.224 e. The molecule has 2 aromatic rings. The highest BCUT2D eigenvalue weighted by atomic mass is 19.1. The average molecular weight is 328 g/mol. The molecule has 1 aromatic heterocycles. The van der Waals surface area contributed by atoms with E-state index >= 15 is 0 Å². The Hall–Kier alpha value is -2.43. The van der Waals surface area contributed by atoms with Gasteiger partial charge >= 0.3 is 0 Å². The molecule has 0 spiro atoms. The standard InChI is InChI=1S/C19H21FN2O2/c1-12-15(10-18(24)21-2)19-16(4-3-5-17(19)23)22(12)11-13-6-8-14(20)9-7-13/h6-9H,3-5,10-11H2,1-2H3,(H,21,24). The number of hydrogen-bond donors (Lipinski definition) is 1. The van der Waals surface area contributed by atoms with Crippen molar-refractivity contribution in [2.45, 2.75) is 39.2 Å². The van der Waals surface area contributed by atoms with Gasteiger partial charge in [0.2, 0.25) is 5.91 Å². The van der Waals surface area contributed by atoms with Crippen molar-refractivity contribution in [1.82, 2.24) is 9.88 Å². The molecule has 5 heteroatoms. The van der Waals surface area contributed by atoms with Crippen LogP contribution in [0.4, 0.5) is 4.39 Å². The number of Topliss-reactive ketones (excluding diaryl/α,β-unsaturated/α-hetero) is 1. The number of likely N-dealkylation sites (N-methyl/N-ethyl adjacent to an activating group) is 1. The smallest absolute Gasteiger partial charge is 0.224 e. The zero-order valence-electron chi connectivity index (χ0n) is 14.0. The Balaban J connectivity index is 2.05. The summed E-state index contributed by atoms with van der Waals surface area (Å²) in [6, 6.07) is 6.39. The van der Waals surface area contributed by atoms with E-state index in [1.54, 1.807) is 19.2 Å². The zero-order valence-corrected chi connectivity index (χ0v) is 14.0. The number of carbonyl (C=O) groups is 2. The van der Waals surface area contributed by atoms with Crippen LogP contribution < -0.4 is 5.32 Å². The Kier molecular flexibility index (Phi) is 4.51. The molecule has 1 amide bonds. The van der Waals surface area contributed by atoms with Gasteiger partial charge in [0.1, 0.15) is 5.82 Å². The van der Waals surface area contributed by atoms with Crippen LogP contribution in [0.3, 0.4) is 0 Å². The van der Waals surface area contributed by atoms with Gasteiger partial charge in [-0.05, 0) is 43.0 Å². The van der Waals surface area contributed by atoms with Gasteiger partial charge in [-0.2, -0.15) is 0 Å². The normalized spacial score (nSPS) is 13.7. The summed E-state index contributed by atoms with van der Waals surface area (Å²) in [6.07, 6.45) is 2.41. The van der Waals surface area contributed by atoms with Gasteiger partial charge in [-0.3, -0.25) is 9.59 Å². The topological polar surface area (TPSA) is 51.1 Å². The number of ketones is 1. The van der Waals surface area contributed by atoms with Crippen molar-refractivity contribution in [3.63, 3.8) is 0 Å². The van der Waals surface area contributed by atoms with Gasteiger partial charge < -0.3 is 9.88 Å². The van der Waals surface area contributed by atoms with Crippen LogP contribution in [-0.4, -0.2) is 23.3 Å². The highest BCUT2D eigenvalue weighted by molar-refractivity contribution is 6.01. The Bertz CT molecular complexity index is 791. The molecule has 1 N–H and O–H groups in total. The summed E-state index contributed by atoms with van der Waals surface area (Å²) in [5, 5.41) is 2.63. The van der Waals surface area contributed by atoms with Crippen LogP contribution in [0, 0.1) is 12.7 Å². The van der Waals surface area contributed by atoms with Gasteiger partial charge in [-0.25, -0.2) is 4.39 Å². The summed E-state index contributed by atoms with van der Waals surface area (Å²) in [5.74, 6) is -0.241. The van der Waals surface area contributed by atoms with Crippen LogP contribution in [0.1, 0.15) is 45.7 Å². The van der Waals surface area contributed by atoms with Gasteiger partial charge in [-0.1, -0.05) is 12.1 Å². The lowest BCUT2D eigenvalue weighted by Gasteiger charge is -2.16. The molecule has 1 aliphatic rings. The molecule has 4 nitrogen and oxygen atoms in total. The molecule has 1 aromatic carbocycles. The van der Waals surface area contributed by atoms with E-state index in [4.69, 9.17) is 0 Å². The Labute approximate surface area is 140 Å². The van der Waals surface area contributed by atoms with Crippen molar-refractivity contribution in [1.29, 1.82) is 0 Å². The molecule has 126 valence electrons. The molecular formula is C19H21FN2O2. The summed E-state index contributed by atoms with van der Waals surface area (Å²) in [5.41, 5.74) is 4.48. The fourth-order valence-electron chi connectivity index (χ4n) is 3.44. The monoisotopic (exact) mass is 328 g/mol. The lowest BCUT2D eigenvalue weighted by Crippen LogP contribution is -2.22. The minimum atomic E-state index is -0.263. The molecule has 0 unspecified atom stereocenters. The number of benzene rings is 1. The first-order valence-corrected chi connectivity index (χ1v) is 8.20.